The lowest BCUT2D eigenvalue weighted by molar-refractivity contribution is -0.124. The quantitative estimate of drug-likeness (QED) is 0.487. The Balaban J connectivity index is 1.54. The van der Waals surface area contributed by atoms with Gasteiger partial charge in [0.2, 0.25) is 5.91 Å². The normalized spacial score (nSPS) is 15.5. The zero-order valence-electron chi connectivity index (χ0n) is 18.6. The molecule has 1 aliphatic rings. The Labute approximate surface area is 202 Å². The van der Waals surface area contributed by atoms with Gasteiger partial charge in [-0.25, -0.2) is 4.39 Å². The second-order valence-corrected chi connectivity index (χ2v) is 8.19. The lowest BCUT2D eigenvalue weighted by Gasteiger charge is -2.24. The van der Waals surface area contributed by atoms with Gasteiger partial charge in [-0.05, 0) is 66.7 Å². The number of para-hydroxylation sites is 1. The van der Waals surface area contributed by atoms with E-state index in [1.807, 2.05) is 18.2 Å². The van der Waals surface area contributed by atoms with Crippen LogP contribution in [0, 0.1) is 5.82 Å². The molecule has 1 atom stereocenters. The molecule has 174 valence electrons. The van der Waals surface area contributed by atoms with Crippen LogP contribution in [-0.4, -0.2) is 41.5 Å². The Kier molecular flexibility index (Phi) is 7.18. The van der Waals surface area contributed by atoms with Crippen molar-refractivity contribution < 1.29 is 18.7 Å². The Morgan fingerprint density at radius 1 is 1.03 bits per heavy atom. The van der Waals surface area contributed by atoms with Crippen molar-refractivity contribution in [3.63, 3.8) is 0 Å². The molecule has 8 heteroatoms. The average Bonchev–Trinajstić information content (AvgIpc) is 3.08. The predicted molar refractivity (Wildman–Crippen MR) is 133 cm³/mol. The van der Waals surface area contributed by atoms with Gasteiger partial charge in [-0.1, -0.05) is 36.4 Å². The van der Waals surface area contributed by atoms with Crippen LogP contribution >= 0.6 is 12.2 Å². The highest BCUT2D eigenvalue weighted by molar-refractivity contribution is 7.80. The predicted octanol–water partition coefficient (Wildman–Crippen LogP) is 4.41. The minimum atomic E-state index is -0.794. The molecule has 1 N–H and O–H groups in total. The zero-order chi connectivity index (χ0) is 24.1. The number of carbonyl (C=O) groups excluding carboxylic acids is 2. The molecule has 0 saturated carbocycles. The molecule has 6 nitrogen and oxygen atoms in total. The second-order valence-electron chi connectivity index (χ2n) is 7.82. The molecule has 1 saturated heterocycles. The fraction of sp³-hybridized carbons (Fsp3) is 0.192. The SMILES string of the molecule is COc1ccc(NC(=O)CC2C(=O)N(c3ccccc3)C(=S)N2CCc2ccccc2F)cc1. The zero-order valence-corrected chi connectivity index (χ0v) is 19.4. The number of anilines is 2. The van der Waals surface area contributed by atoms with Crippen molar-refractivity contribution in [1.29, 1.82) is 0 Å². The molecule has 4 rings (SSSR count). The summed E-state index contributed by atoms with van der Waals surface area (Å²) in [6.07, 6.45) is 0.255. The molecule has 1 heterocycles. The van der Waals surface area contributed by atoms with Crippen molar-refractivity contribution in [1.82, 2.24) is 4.90 Å². The average molecular weight is 478 g/mol. The second kappa shape index (κ2) is 10.4. The maximum atomic E-state index is 14.2. The van der Waals surface area contributed by atoms with Crippen LogP contribution in [0.5, 0.6) is 5.75 Å². The van der Waals surface area contributed by atoms with E-state index in [-0.39, 0.29) is 24.1 Å². The maximum Gasteiger partial charge on any atom is 0.256 e. The van der Waals surface area contributed by atoms with Crippen molar-refractivity contribution in [2.24, 2.45) is 0 Å². The number of thiocarbonyl (C=S) groups is 1. The van der Waals surface area contributed by atoms with Gasteiger partial charge in [0.25, 0.3) is 5.91 Å². The van der Waals surface area contributed by atoms with E-state index in [1.54, 1.807) is 66.6 Å². The Morgan fingerprint density at radius 3 is 2.38 bits per heavy atom. The molecular weight excluding hydrogens is 453 g/mol. The van der Waals surface area contributed by atoms with Crippen molar-refractivity contribution >= 4 is 40.5 Å². The number of carbonyl (C=O) groups is 2. The van der Waals surface area contributed by atoms with E-state index < -0.39 is 6.04 Å². The first-order valence-corrected chi connectivity index (χ1v) is 11.3. The van der Waals surface area contributed by atoms with E-state index in [2.05, 4.69) is 5.32 Å². The third-order valence-corrected chi connectivity index (χ3v) is 6.08. The number of rotatable bonds is 8. The third-order valence-electron chi connectivity index (χ3n) is 5.67. The molecule has 0 radical (unpaired) electrons. The molecule has 34 heavy (non-hydrogen) atoms. The van der Waals surface area contributed by atoms with Crippen LogP contribution in [0.3, 0.4) is 0 Å². The molecule has 0 spiro atoms. The number of hydrogen-bond donors (Lipinski definition) is 1. The number of benzene rings is 3. The fourth-order valence-electron chi connectivity index (χ4n) is 3.91. The maximum absolute atomic E-state index is 14.2. The van der Waals surface area contributed by atoms with E-state index in [1.165, 1.54) is 11.0 Å². The van der Waals surface area contributed by atoms with Crippen LogP contribution in [0.25, 0.3) is 0 Å². The summed E-state index contributed by atoms with van der Waals surface area (Å²) in [5, 5.41) is 3.12. The monoisotopic (exact) mass is 477 g/mol. The van der Waals surface area contributed by atoms with Crippen LogP contribution in [-0.2, 0) is 16.0 Å². The van der Waals surface area contributed by atoms with Gasteiger partial charge in [-0.2, -0.15) is 0 Å². The summed E-state index contributed by atoms with van der Waals surface area (Å²) < 4.78 is 19.3. The van der Waals surface area contributed by atoms with Crippen molar-refractivity contribution in [3.8, 4) is 5.75 Å². The lowest BCUT2D eigenvalue weighted by Crippen LogP contribution is -2.39. The molecule has 2 amide bonds. The van der Waals surface area contributed by atoms with E-state index in [4.69, 9.17) is 17.0 Å². The van der Waals surface area contributed by atoms with E-state index in [0.29, 0.717) is 40.8 Å². The fourth-order valence-corrected chi connectivity index (χ4v) is 4.32. The molecule has 1 aliphatic heterocycles. The highest BCUT2D eigenvalue weighted by Crippen LogP contribution is 2.28. The summed E-state index contributed by atoms with van der Waals surface area (Å²) in [6.45, 7) is 0.301. The van der Waals surface area contributed by atoms with Crippen LogP contribution in [0.4, 0.5) is 15.8 Å². The van der Waals surface area contributed by atoms with Crippen molar-refractivity contribution in [2.45, 2.75) is 18.9 Å². The summed E-state index contributed by atoms with van der Waals surface area (Å²) >= 11 is 5.65. The summed E-state index contributed by atoms with van der Waals surface area (Å²) in [4.78, 5) is 29.4. The highest BCUT2D eigenvalue weighted by atomic mass is 32.1. The first kappa shape index (κ1) is 23.4. The molecule has 0 aromatic heterocycles. The number of ether oxygens (including phenoxy) is 1. The van der Waals surface area contributed by atoms with Crippen LogP contribution in [0.1, 0.15) is 12.0 Å². The Morgan fingerprint density at radius 2 is 1.71 bits per heavy atom. The van der Waals surface area contributed by atoms with Gasteiger partial charge in [0, 0.05) is 12.2 Å². The minimum absolute atomic E-state index is 0.0917. The number of amides is 2. The smallest absolute Gasteiger partial charge is 0.256 e. The summed E-state index contributed by atoms with van der Waals surface area (Å²) in [6, 6.07) is 21.7. The molecule has 3 aromatic rings. The summed E-state index contributed by atoms with van der Waals surface area (Å²) in [5.41, 5.74) is 1.75. The largest absolute Gasteiger partial charge is 0.497 e. The Hall–Kier alpha value is -3.78. The van der Waals surface area contributed by atoms with Crippen molar-refractivity contribution in [2.75, 3.05) is 23.9 Å². The first-order chi connectivity index (χ1) is 16.5. The Bertz CT molecular complexity index is 1190. The topological polar surface area (TPSA) is 61.9 Å². The van der Waals surface area contributed by atoms with Gasteiger partial charge in [0.1, 0.15) is 17.6 Å². The molecular formula is C26H24FN3O3S. The van der Waals surface area contributed by atoms with E-state index >= 15 is 0 Å². The standard InChI is InChI=1S/C26H24FN3O3S/c1-33-21-13-11-19(12-14-21)28-24(31)17-23-25(32)30(20-8-3-2-4-9-20)26(34)29(23)16-15-18-7-5-6-10-22(18)27/h2-14,23H,15-17H2,1H3,(H,28,31). The van der Waals surface area contributed by atoms with Gasteiger partial charge in [-0.15, -0.1) is 0 Å². The molecule has 0 bridgehead atoms. The van der Waals surface area contributed by atoms with Crippen LogP contribution in [0.15, 0.2) is 78.9 Å². The number of halogens is 1. The summed E-state index contributed by atoms with van der Waals surface area (Å²) in [7, 11) is 1.57. The molecule has 1 fully saturated rings. The summed E-state index contributed by atoms with van der Waals surface area (Å²) in [5.74, 6) is -0.244. The van der Waals surface area contributed by atoms with Crippen LogP contribution in [0.2, 0.25) is 0 Å². The molecule has 1 unspecified atom stereocenters. The van der Waals surface area contributed by atoms with Gasteiger partial charge in [0.15, 0.2) is 5.11 Å². The van der Waals surface area contributed by atoms with Gasteiger partial charge >= 0.3 is 0 Å². The van der Waals surface area contributed by atoms with Crippen LogP contribution < -0.4 is 15.0 Å². The van der Waals surface area contributed by atoms with Gasteiger partial charge in [-0.3, -0.25) is 14.5 Å². The first-order valence-electron chi connectivity index (χ1n) is 10.8. The number of hydrogen-bond acceptors (Lipinski definition) is 4. The third kappa shape index (κ3) is 5.07. The minimum Gasteiger partial charge on any atom is -0.497 e. The van der Waals surface area contributed by atoms with Gasteiger partial charge < -0.3 is 15.0 Å². The number of methoxy groups -OCH3 is 1. The molecule has 3 aromatic carbocycles. The van der Waals surface area contributed by atoms with Crippen molar-refractivity contribution in [3.05, 3.63) is 90.2 Å². The lowest BCUT2D eigenvalue weighted by atomic mass is 10.1. The van der Waals surface area contributed by atoms with E-state index in [0.717, 1.165) is 0 Å². The number of nitrogens with one attached hydrogen (secondary N) is 1. The van der Waals surface area contributed by atoms with E-state index in [9.17, 15) is 14.0 Å². The molecule has 0 aliphatic carbocycles. The highest BCUT2D eigenvalue weighted by Gasteiger charge is 2.43. The number of nitrogens with zero attached hydrogens (tertiary/aromatic N) is 2. The van der Waals surface area contributed by atoms with Gasteiger partial charge in [0.05, 0.1) is 19.2 Å².